The van der Waals surface area contributed by atoms with Crippen LogP contribution < -0.4 is 9.47 Å². The second-order valence-electron chi connectivity index (χ2n) is 3.24. The van der Waals surface area contributed by atoms with Gasteiger partial charge in [0.25, 0.3) is 5.78 Å². The average Bonchev–Trinajstić information content (AvgIpc) is 2.37. The van der Waals surface area contributed by atoms with E-state index in [1.807, 2.05) is 0 Å². The first-order valence-corrected chi connectivity index (χ1v) is 5.55. The van der Waals surface area contributed by atoms with Crippen molar-refractivity contribution in [2.45, 2.75) is 6.92 Å². The van der Waals surface area contributed by atoms with Crippen LogP contribution in [-0.4, -0.2) is 32.6 Å². The van der Waals surface area contributed by atoms with Crippen molar-refractivity contribution in [3.05, 3.63) is 22.7 Å². The third-order valence-corrected chi connectivity index (χ3v) is 2.47. The lowest BCUT2D eigenvalue weighted by Crippen LogP contribution is -2.18. The Balaban J connectivity index is 3.19. The quantitative estimate of drug-likeness (QED) is 0.467. The fourth-order valence-electron chi connectivity index (χ4n) is 1.34. The van der Waals surface area contributed by atoms with E-state index in [4.69, 9.17) is 21.1 Å². The lowest BCUT2D eigenvalue weighted by Gasteiger charge is -2.10. The molecule has 0 saturated carbocycles. The molecule has 0 atom stereocenters. The minimum atomic E-state index is -0.947. The molecule has 0 aliphatic heterocycles. The second kappa shape index (κ2) is 6.26. The monoisotopic (exact) mass is 272 g/mol. The summed E-state index contributed by atoms with van der Waals surface area (Å²) in [6.45, 7) is 1.74. The Bertz CT molecular complexity index is 470. The number of halogens is 1. The molecule has 0 aliphatic rings. The Labute approximate surface area is 110 Å². The van der Waals surface area contributed by atoms with Gasteiger partial charge >= 0.3 is 5.97 Å². The number of esters is 1. The van der Waals surface area contributed by atoms with Gasteiger partial charge in [-0.15, -0.1) is 0 Å². The molecular weight excluding hydrogens is 260 g/mol. The summed E-state index contributed by atoms with van der Waals surface area (Å²) in [4.78, 5) is 23.2. The molecule has 0 fully saturated rings. The molecule has 98 valence electrons. The highest BCUT2D eigenvalue weighted by atomic mass is 35.5. The molecule has 18 heavy (non-hydrogen) atoms. The van der Waals surface area contributed by atoms with E-state index in [0.29, 0.717) is 5.75 Å². The molecule has 0 spiro atoms. The first kappa shape index (κ1) is 14.3. The molecule has 0 aliphatic carbocycles. The van der Waals surface area contributed by atoms with Crippen LogP contribution in [0.1, 0.15) is 17.3 Å². The fraction of sp³-hybridized carbons (Fsp3) is 0.333. The zero-order valence-electron chi connectivity index (χ0n) is 10.3. The van der Waals surface area contributed by atoms with Crippen molar-refractivity contribution in [1.29, 1.82) is 0 Å². The number of hydrogen-bond acceptors (Lipinski definition) is 5. The van der Waals surface area contributed by atoms with E-state index >= 15 is 0 Å². The number of carbonyl (C=O) groups excluding carboxylic acids is 2. The number of ketones is 1. The second-order valence-corrected chi connectivity index (χ2v) is 3.64. The molecule has 0 N–H and O–H groups in total. The Morgan fingerprint density at radius 1 is 1.17 bits per heavy atom. The van der Waals surface area contributed by atoms with Crippen LogP contribution in [0.4, 0.5) is 0 Å². The van der Waals surface area contributed by atoms with Gasteiger partial charge in [-0.25, -0.2) is 4.79 Å². The van der Waals surface area contributed by atoms with E-state index < -0.39 is 11.8 Å². The standard InChI is InChI=1S/C12H13ClO5/c1-4-18-12(15)11(14)7-5-8(13)10(17-3)6-9(7)16-2/h5-6H,4H2,1-3H3. The summed E-state index contributed by atoms with van der Waals surface area (Å²) in [5.74, 6) is -1.20. The molecular formula is C12H13ClO5. The predicted molar refractivity (Wildman–Crippen MR) is 65.5 cm³/mol. The van der Waals surface area contributed by atoms with Gasteiger partial charge in [0.05, 0.1) is 31.4 Å². The van der Waals surface area contributed by atoms with Crippen molar-refractivity contribution in [2.75, 3.05) is 20.8 Å². The highest BCUT2D eigenvalue weighted by Gasteiger charge is 2.23. The summed E-state index contributed by atoms with van der Waals surface area (Å²) in [6.07, 6.45) is 0. The minimum absolute atomic E-state index is 0.0433. The van der Waals surface area contributed by atoms with Crippen molar-refractivity contribution in [1.82, 2.24) is 0 Å². The summed E-state index contributed by atoms with van der Waals surface area (Å²) in [6, 6.07) is 2.76. The van der Waals surface area contributed by atoms with Crippen LogP contribution in [-0.2, 0) is 9.53 Å². The maximum Gasteiger partial charge on any atom is 0.379 e. The van der Waals surface area contributed by atoms with E-state index in [-0.39, 0.29) is 22.9 Å². The van der Waals surface area contributed by atoms with Gasteiger partial charge in [0.15, 0.2) is 0 Å². The van der Waals surface area contributed by atoms with Gasteiger partial charge in [0, 0.05) is 6.07 Å². The van der Waals surface area contributed by atoms with Crippen molar-refractivity contribution in [3.8, 4) is 11.5 Å². The normalized spacial score (nSPS) is 9.78. The summed E-state index contributed by atoms with van der Waals surface area (Å²) in [5.41, 5.74) is 0.0433. The molecule has 0 bridgehead atoms. The van der Waals surface area contributed by atoms with E-state index in [1.165, 1.54) is 26.4 Å². The maximum absolute atomic E-state index is 11.8. The van der Waals surface area contributed by atoms with E-state index in [2.05, 4.69) is 4.74 Å². The Kier molecular flexibility index (Phi) is 4.97. The number of Topliss-reactive ketones (excluding diaryl/α,β-unsaturated/α-hetero) is 1. The summed E-state index contributed by atoms with van der Waals surface area (Å²) >= 11 is 5.90. The topological polar surface area (TPSA) is 61.8 Å². The molecule has 1 aromatic carbocycles. The van der Waals surface area contributed by atoms with Crippen LogP contribution >= 0.6 is 11.6 Å². The van der Waals surface area contributed by atoms with Gasteiger partial charge in [-0.3, -0.25) is 4.79 Å². The van der Waals surface area contributed by atoms with Gasteiger partial charge in [-0.1, -0.05) is 11.6 Å². The Morgan fingerprint density at radius 3 is 2.28 bits per heavy atom. The van der Waals surface area contributed by atoms with Crippen molar-refractivity contribution < 1.29 is 23.8 Å². The highest BCUT2D eigenvalue weighted by Crippen LogP contribution is 2.32. The van der Waals surface area contributed by atoms with E-state index in [1.54, 1.807) is 6.92 Å². The number of benzene rings is 1. The van der Waals surface area contributed by atoms with Gasteiger partial charge < -0.3 is 14.2 Å². The third kappa shape index (κ3) is 2.92. The van der Waals surface area contributed by atoms with Crippen molar-refractivity contribution >= 4 is 23.4 Å². The Hall–Kier alpha value is -1.75. The summed E-state index contributed by atoms with van der Waals surface area (Å²) in [5, 5.41) is 0.214. The zero-order valence-corrected chi connectivity index (χ0v) is 11.0. The number of ether oxygens (including phenoxy) is 3. The van der Waals surface area contributed by atoms with E-state index in [9.17, 15) is 9.59 Å². The molecule has 0 unspecified atom stereocenters. The minimum Gasteiger partial charge on any atom is -0.496 e. The number of hydrogen-bond donors (Lipinski definition) is 0. The number of carbonyl (C=O) groups is 2. The van der Waals surface area contributed by atoms with Gasteiger partial charge in [0.2, 0.25) is 0 Å². The van der Waals surface area contributed by atoms with Crippen molar-refractivity contribution in [3.63, 3.8) is 0 Å². The highest BCUT2D eigenvalue weighted by molar-refractivity contribution is 6.42. The predicted octanol–water partition coefficient (Wildman–Crippen LogP) is 2.10. The number of methoxy groups -OCH3 is 2. The van der Waals surface area contributed by atoms with Crippen LogP contribution in [0.3, 0.4) is 0 Å². The molecule has 5 nitrogen and oxygen atoms in total. The van der Waals surface area contributed by atoms with Gasteiger partial charge in [0.1, 0.15) is 11.5 Å². The molecule has 1 aromatic rings. The smallest absolute Gasteiger partial charge is 0.379 e. The largest absolute Gasteiger partial charge is 0.496 e. The molecule has 6 heteroatoms. The Morgan fingerprint density at radius 2 is 1.78 bits per heavy atom. The molecule has 1 rings (SSSR count). The molecule has 0 aromatic heterocycles. The third-order valence-electron chi connectivity index (χ3n) is 2.18. The van der Waals surface area contributed by atoms with Crippen LogP contribution in [0.5, 0.6) is 11.5 Å². The SMILES string of the molecule is CCOC(=O)C(=O)c1cc(Cl)c(OC)cc1OC. The molecule has 0 heterocycles. The first-order chi connectivity index (χ1) is 8.54. The molecule has 0 amide bonds. The maximum atomic E-state index is 11.8. The van der Waals surface area contributed by atoms with Gasteiger partial charge in [-0.2, -0.15) is 0 Å². The van der Waals surface area contributed by atoms with Crippen molar-refractivity contribution in [2.24, 2.45) is 0 Å². The lowest BCUT2D eigenvalue weighted by atomic mass is 10.1. The van der Waals surface area contributed by atoms with E-state index in [0.717, 1.165) is 0 Å². The van der Waals surface area contributed by atoms with Gasteiger partial charge in [-0.05, 0) is 13.0 Å². The molecule has 0 radical (unpaired) electrons. The average molecular weight is 273 g/mol. The fourth-order valence-corrected chi connectivity index (χ4v) is 1.58. The molecule has 0 saturated heterocycles. The lowest BCUT2D eigenvalue weighted by molar-refractivity contribution is -0.137. The summed E-state index contributed by atoms with van der Waals surface area (Å²) in [7, 11) is 2.82. The van der Waals surface area contributed by atoms with Crippen LogP contribution in [0.15, 0.2) is 12.1 Å². The van der Waals surface area contributed by atoms with Crippen LogP contribution in [0, 0.1) is 0 Å². The zero-order chi connectivity index (χ0) is 13.7. The van der Waals surface area contributed by atoms with Crippen LogP contribution in [0.2, 0.25) is 5.02 Å². The number of rotatable bonds is 5. The van der Waals surface area contributed by atoms with Crippen LogP contribution in [0.25, 0.3) is 0 Å². The summed E-state index contributed by atoms with van der Waals surface area (Å²) < 4.78 is 14.7. The first-order valence-electron chi connectivity index (χ1n) is 5.18.